The van der Waals surface area contributed by atoms with E-state index in [4.69, 9.17) is 28.9 Å². The Bertz CT molecular complexity index is 563. The first-order valence-corrected chi connectivity index (χ1v) is 6.96. The molecular weight excluding hydrogens is 269 g/mol. The number of hydrogen-bond donors (Lipinski definition) is 1. The number of rotatable bonds is 4. The Kier molecular flexibility index (Phi) is 4.03. The highest BCUT2D eigenvalue weighted by Crippen LogP contribution is 2.32. The summed E-state index contributed by atoms with van der Waals surface area (Å²) >= 11 is 12.1. The zero-order chi connectivity index (χ0) is 13.3. The fraction of sp³-hybridized carbons (Fsp3) is 0.462. The number of aromatic nitrogens is 2. The van der Waals surface area contributed by atoms with Gasteiger partial charge in [-0.25, -0.2) is 4.98 Å². The average Bonchev–Trinajstić information content (AvgIpc) is 2.63. The lowest BCUT2D eigenvalue weighted by atomic mass is 10.1. The summed E-state index contributed by atoms with van der Waals surface area (Å²) in [5.74, 6) is 0.531. The van der Waals surface area contributed by atoms with Crippen molar-refractivity contribution in [1.29, 1.82) is 0 Å². The number of hydrogen-bond acceptors (Lipinski definition) is 2. The summed E-state index contributed by atoms with van der Waals surface area (Å²) < 4.78 is 2.07. The number of nitrogen functional groups attached to an aromatic ring is 1. The van der Waals surface area contributed by atoms with E-state index in [1.807, 2.05) is 6.07 Å². The highest BCUT2D eigenvalue weighted by atomic mass is 35.5. The van der Waals surface area contributed by atoms with Gasteiger partial charge in [-0.15, -0.1) is 0 Å². The lowest BCUT2D eigenvalue weighted by Crippen LogP contribution is -2.11. The number of halogens is 2. The number of fused-ring (bicyclic) bond motifs is 1. The minimum absolute atomic E-state index is 0.359. The van der Waals surface area contributed by atoms with Crippen LogP contribution in [-0.4, -0.2) is 9.55 Å². The Hall–Kier alpha value is -0.930. The van der Waals surface area contributed by atoms with Crippen molar-refractivity contribution in [2.75, 3.05) is 5.73 Å². The fourth-order valence-electron chi connectivity index (χ4n) is 2.34. The van der Waals surface area contributed by atoms with Crippen LogP contribution in [0, 0.1) is 0 Å². The molecule has 1 aromatic heterocycles. The predicted octanol–water partition coefficient (Wildman–Crippen LogP) is 4.68. The van der Waals surface area contributed by atoms with Gasteiger partial charge in [-0.2, -0.15) is 0 Å². The Morgan fingerprint density at radius 3 is 2.56 bits per heavy atom. The summed E-state index contributed by atoms with van der Waals surface area (Å²) in [4.78, 5) is 4.36. The van der Waals surface area contributed by atoms with E-state index in [9.17, 15) is 0 Å². The van der Waals surface area contributed by atoms with E-state index in [0.29, 0.717) is 22.0 Å². The maximum absolute atomic E-state index is 6.08. The molecule has 2 N–H and O–H groups in total. The Labute approximate surface area is 117 Å². The van der Waals surface area contributed by atoms with Gasteiger partial charge in [0.05, 0.1) is 21.1 Å². The number of imidazole rings is 1. The normalized spacial score (nSPS) is 13.1. The molecule has 2 aromatic rings. The average molecular weight is 286 g/mol. The second-order valence-electron chi connectivity index (χ2n) is 4.45. The van der Waals surface area contributed by atoms with Crippen molar-refractivity contribution >= 4 is 40.2 Å². The van der Waals surface area contributed by atoms with Gasteiger partial charge in [0, 0.05) is 6.04 Å². The molecule has 0 saturated heterocycles. The fourth-order valence-corrected chi connectivity index (χ4v) is 2.66. The highest BCUT2D eigenvalue weighted by Gasteiger charge is 2.17. The molecule has 1 unspecified atom stereocenters. The summed E-state index contributed by atoms with van der Waals surface area (Å²) in [6.45, 7) is 4.32. The van der Waals surface area contributed by atoms with Gasteiger partial charge in [0.2, 0.25) is 5.95 Å². The maximum Gasteiger partial charge on any atom is 0.201 e. The summed E-state index contributed by atoms with van der Waals surface area (Å²) in [7, 11) is 0. The number of benzene rings is 1. The van der Waals surface area contributed by atoms with Crippen LogP contribution in [0.15, 0.2) is 12.1 Å². The molecule has 0 fully saturated rings. The molecule has 0 aliphatic carbocycles. The molecule has 0 amide bonds. The molecule has 1 heterocycles. The molecule has 0 saturated carbocycles. The minimum atomic E-state index is 0.359. The predicted molar refractivity (Wildman–Crippen MR) is 78.4 cm³/mol. The van der Waals surface area contributed by atoms with Gasteiger partial charge in [-0.05, 0) is 25.0 Å². The smallest absolute Gasteiger partial charge is 0.201 e. The van der Waals surface area contributed by atoms with Crippen molar-refractivity contribution in [2.24, 2.45) is 0 Å². The van der Waals surface area contributed by atoms with E-state index in [1.165, 1.54) is 0 Å². The third kappa shape index (κ3) is 2.29. The van der Waals surface area contributed by atoms with Crippen LogP contribution in [0.5, 0.6) is 0 Å². The number of nitrogens with two attached hydrogens (primary N) is 1. The summed E-state index contributed by atoms with van der Waals surface area (Å²) in [6.07, 6.45) is 3.20. The van der Waals surface area contributed by atoms with E-state index in [2.05, 4.69) is 23.4 Å². The number of nitrogens with zero attached hydrogens (tertiary/aromatic N) is 2. The van der Waals surface area contributed by atoms with Crippen molar-refractivity contribution in [3.8, 4) is 0 Å². The quantitative estimate of drug-likeness (QED) is 0.887. The standard InChI is InChI=1S/C13H17Cl2N3/c1-3-5-8(4-2)18-12-7-10(15)9(14)6-11(12)17-13(18)16/h6-8H,3-5H2,1-2H3,(H2,16,17). The van der Waals surface area contributed by atoms with Crippen molar-refractivity contribution in [3.05, 3.63) is 22.2 Å². The second kappa shape index (κ2) is 5.37. The van der Waals surface area contributed by atoms with Gasteiger partial charge >= 0.3 is 0 Å². The van der Waals surface area contributed by atoms with Crippen molar-refractivity contribution in [2.45, 2.75) is 39.2 Å². The van der Waals surface area contributed by atoms with E-state index >= 15 is 0 Å². The van der Waals surface area contributed by atoms with Gasteiger partial charge < -0.3 is 10.3 Å². The van der Waals surface area contributed by atoms with E-state index < -0.39 is 0 Å². The Balaban J connectivity index is 2.62. The molecule has 0 aliphatic heterocycles. The van der Waals surface area contributed by atoms with Crippen LogP contribution in [0.25, 0.3) is 11.0 Å². The Morgan fingerprint density at radius 1 is 1.28 bits per heavy atom. The summed E-state index contributed by atoms with van der Waals surface area (Å²) in [5, 5.41) is 1.05. The van der Waals surface area contributed by atoms with Crippen molar-refractivity contribution in [1.82, 2.24) is 9.55 Å². The topological polar surface area (TPSA) is 43.8 Å². The van der Waals surface area contributed by atoms with Crippen molar-refractivity contribution in [3.63, 3.8) is 0 Å². The van der Waals surface area contributed by atoms with Crippen LogP contribution in [0.3, 0.4) is 0 Å². The lowest BCUT2D eigenvalue weighted by molar-refractivity contribution is 0.463. The van der Waals surface area contributed by atoms with Gasteiger partial charge in [-0.1, -0.05) is 43.5 Å². The minimum Gasteiger partial charge on any atom is -0.369 e. The monoisotopic (exact) mass is 285 g/mol. The van der Waals surface area contributed by atoms with Crippen LogP contribution in [0.2, 0.25) is 10.0 Å². The molecule has 0 radical (unpaired) electrons. The summed E-state index contributed by atoms with van der Waals surface area (Å²) in [6, 6.07) is 3.98. The molecule has 2 rings (SSSR count). The van der Waals surface area contributed by atoms with Gasteiger partial charge in [-0.3, -0.25) is 0 Å². The highest BCUT2D eigenvalue weighted by molar-refractivity contribution is 6.42. The van der Waals surface area contributed by atoms with Gasteiger partial charge in [0.15, 0.2) is 0 Å². The van der Waals surface area contributed by atoms with E-state index in [-0.39, 0.29) is 0 Å². The third-order valence-electron chi connectivity index (χ3n) is 3.22. The molecule has 0 spiro atoms. The van der Waals surface area contributed by atoms with Crippen LogP contribution in [-0.2, 0) is 0 Å². The first-order chi connectivity index (χ1) is 8.58. The van der Waals surface area contributed by atoms with Crippen molar-refractivity contribution < 1.29 is 0 Å². The molecule has 5 heteroatoms. The Morgan fingerprint density at radius 2 is 1.94 bits per heavy atom. The van der Waals surface area contributed by atoms with Crippen LogP contribution in [0.4, 0.5) is 5.95 Å². The first-order valence-electron chi connectivity index (χ1n) is 6.20. The van der Waals surface area contributed by atoms with Crippen LogP contribution in [0.1, 0.15) is 39.2 Å². The zero-order valence-electron chi connectivity index (χ0n) is 10.6. The van der Waals surface area contributed by atoms with Crippen LogP contribution < -0.4 is 5.73 Å². The molecular formula is C13H17Cl2N3. The molecule has 1 atom stereocenters. The first kappa shape index (κ1) is 13.5. The molecule has 3 nitrogen and oxygen atoms in total. The lowest BCUT2D eigenvalue weighted by Gasteiger charge is -2.18. The van der Waals surface area contributed by atoms with Gasteiger partial charge in [0.1, 0.15) is 0 Å². The maximum atomic E-state index is 6.08. The SMILES string of the molecule is CCCC(CC)n1c(N)nc2cc(Cl)c(Cl)cc21. The number of anilines is 1. The molecule has 0 bridgehead atoms. The zero-order valence-corrected chi connectivity index (χ0v) is 12.1. The van der Waals surface area contributed by atoms with Gasteiger partial charge in [0.25, 0.3) is 0 Å². The van der Waals surface area contributed by atoms with E-state index in [0.717, 1.165) is 30.3 Å². The molecule has 1 aromatic carbocycles. The molecule has 18 heavy (non-hydrogen) atoms. The van der Waals surface area contributed by atoms with E-state index in [1.54, 1.807) is 6.07 Å². The molecule has 0 aliphatic rings. The van der Waals surface area contributed by atoms with Crippen LogP contribution >= 0.6 is 23.2 Å². The molecule has 98 valence electrons. The second-order valence-corrected chi connectivity index (χ2v) is 5.26. The largest absolute Gasteiger partial charge is 0.369 e. The summed E-state index contributed by atoms with van der Waals surface area (Å²) in [5.41, 5.74) is 7.79. The third-order valence-corrected chi connectivity index (χ3v) is 3.94.